The molecule has 1 saturated heterocycles. The number of hydrogen-bond donors (Lipinski definition) is 12. The molecule has 0 spiro atoms. The highest BCUT2D eigenvalue weighted by molar-refractivity contribution is 8.19. The molecule has 24 heteroatoms. The number of rotatable bonds is 18. The zero-order chi connectivity index (χ0) is 37.4. The lowest BCUT2D eigenvalue weighted by atomic mass is 10.2. The Morgan fingerprint density at radius 1 is 0.551 bits per heavy atom. The molecule has 286 valence electrons. The van der Waals surface area contributed by atoms with Crippen molar-refractivity contribution < 1.29 is 71.4 Å². The number of hydrogen-bond acceptors (Lipinski definition) is 16. The molecule has 2 unspecified atom stereocenters. The Morgan fingerprint density at radius 3 is 1.18 bits per heavy atom. The van der Waals surface area contributed by atoms with Crippen LogP contribution in [0.4, 0.5) is 0 Å². The van der Waals surface area contributed by atoms with Crippen molar-refractivity contribution in [2.75, 3.05) is 96.6 Å². The van der Waals surface area contributed by atoms with Gasteiger partial charge in [-0.2, -0.15) is 0 Å². The maximum Gasteiger partial charge on any atom is 0.317 e. The SMILES string of the molecule is CCCNC(=O)C(CS(O)(O)O)NC(=O)C(CS(O)(O)O)NC(=O)CN1CCN(CC(=O)O)CCN(CC(=O)O)CCN(CC(=O)O)CC1. The minimum Gasteiger partial charge on any atom is -0.480 e. The van der Waals surface area contributed by atoms with Crippen LogP contribution in [0.25, 0.3) is 0 Å². The highest BCUT2D eigenvalue weighted by atomic mass is 32.3. The normalized spacial score (nSPS) is 18.6. The number of carbonyl (C=O) groups excluding carboxylic acids is 3. The van der Waals surface area contributed by atoms with Crippen LogP contribution in [-0.2, 0) is 28.8 Å². The zero-order valence-electron chi connectivity index (χ0n) is 27.0. The Morgan fingerprint density at radius 2 is 0.878 bits per heavy atom. The minimum absolute atomic E-state index is 0.0423. The predicted octanol–water partition coefficient (Wildman–Crippen LogP) is -2.60. The van der Waals surface area contributed by atoms with Crippen molar-refractivity contribution in [1.82, 2.24) is 35.6 Å². The van der Waals surface area contributed by atoms with Crippen molar-refractivity contribution >= 4 is 57.4 Å². The van der Waals surface area contributed by atoms with E-state index in [2.05, 4.69) is 16.0 Å². The fourth-order valence-corrected chi connectivity index (χ4v) is 6.05. The average molecular weight is 752 g/mol. The van der Waals surface area contributed by atoms with Gasteiger partial charge < -0.3 is 58.6 Å². The van der Waals surface area contributed by atoms with Gasteiger partial charge in [0.1, 0.15) is 12.1 Å². The van der Waals surface area contributed by atoms with Crippen LogP contribution >= 0.6 is 21.7 Å². The summed E-state index contributed by atoms with van der Waals surface area (Å²) in [7, 11) is -8.74. The Hall–Kier alpha value is -2.88. The number of carboxylic acids is 3. The molecule has 1 rings (SSSR count). The molecule has 2 atom stereocenters. The summed E-state index contributed by atoms with van der Waals surface area (Å²) in [4.78, 5) is 79.3. The topological polar surface area (TPSA) is 334 Å². The highest BCUT2D eigenvalue weighted by Crippen LogP contribution is 2.34. The highest BCUT2D eigenvalue weighted by Gasteiger charge is 2.34. The second-order valence-corrected chi connectivity index (χ2v) is 14.6. The van der Waals surface area contributed by atoms with Crippen molar-refractivity contribution in [3.63, 3.8) is 0 Å². The molecule has 1 fully saturated rings. The minimum atomic E-state index is -4.43. The summed E-state index contributed by atoms with van der Waals surface area (Å²) in [5.74, 6) is -8.68. The Bertz CT molecular complexity index is 1090. The van der Waals surface area contributed by atoms with Crippen LogP contribution in [0.3, 0.4) is 0 Å². The molecule has 22 nitrogen and oxygen atoms in total. The van der Waals surface area contributed by atoms with Crippen molar-refractivity contribution in [2.45, 2.75) is 25.4 Å². The van der Waals surface area contributed by atoms with Gasteiger partial charge in [0.25, 0.3) is 0 Å². The van der Waals surface area contributed by atoms with E-state index < -0.39 is 101 Å². The molecular weight excluding hydrogens is 702 g/mol. The Kier molecular flexibility index (Phi) is 19.2. The van der Waals surface area contributed by atoms with E-state index in [9.17, 15) is 71.4 Å². The predicted molar refractivity (Wildman–Crippen MR) is 177 cm³/mol. The van der Waals surface area contributed by atoms with Crippen molar-refractivity contribution in [3.05, 3.63) is 0 Å². The molecule has 0 aromatic heterocycles. The molecule has 0 saturated carbocycles. The van der Waals surface area contributed by atoms with Crippen LogP contribution < -0.4 is 16.0 Å². The molecule has 0 aromatic carbocycles. The molecule has 0 radical (unpaired) electrons. The number of nitrogens with zero attached hydrogens (tertiary/aromatic N) is 4. The van der Waals surface area contributed by atoms with Crippen LogP contribution in [0.2, 0.25) is 0 Å². The van der Waals surface area contributed by atoms with Gasteiger partial charge in [-0.25, -0.2) is 0 Å². The van der Waals surface area contributed by atoms with E-state index in [1.165, 1.54) is 14.7 Å². The Labute approximate surface area is 286 Å². The molecule has 12 N–H and O–H groups in total. The summed E-state index contributed by atoms with van der Waals surface area (Å²) in [6, 6.07) is -3.63. The van der Waals surface area contributed by atoms with Gasteiger partial charge >= 0.3 is 17.9 Å². The van der Waals surface area contributed by atoms with Crippen molar-refractivity contribution in [2.24, 2.45) is 0 Å². The van der Waals surface area contributed by atoms with Gasteiger partial charge in [-0.15, -0.1) is 0 Å². The van der Waals surface area contributed by atoms with E-state index in [0.717, 1.165) is 0 Å². The molecule has 1 aliphatic rings. The molecule has 0 aliphatic carbocycles. The number of aliphatic carboxylic acids is 3. The lowest BCUT2D eigenvalue weighted by Crippen LogP contribution is -2.58. The standard InChI is InChI=1S/C25H49N7O15S2/c1-2-3-26-24(40)18(16-48(42,43)44)28-25(41)19(17-49(45,46)47)27-20(33)12-29-4-6-30(13-21(34)35)8-10-32(15-23(38)39)11-9-31(7-5-29)14-22(36)37/h18-19,42-47H,2-17H2,1H3,(H,26,40)(H,27,33)(H,28,41)(H,34,35)(H,36,37)(H,38,39). The number of carboxylic acid groups (broad SMARTS) is 3. The van der Waals surface area contributed by atoms with Gasteiger partial charge in [0.05, 0.1) is 59.4 Å². The average Bonchev–Trinajstić information content (AvgIpc) is 2.94. The molecule has 1 heterocycles. The fourth-order valence-electron chi connectivity index (χ4n) is 4.68. The third kappa shape index (κ3) is 21.1. The van der Waals surface area contributed by atoms with Crippen molar-refractivity contribution in [3.8, 4) is 0 Å². The van der Waals surface area contributed by atoms with E-state index in [1.54, 1.807) is 11.8 Å². The summed E-state index contributed by atoms with van der Waals surface area (Å²) >= 11 is 0. The number of carbonyl (C=O) groups is 6. The van der Waals surface area contributed by atoms with Gasteiger partial charge in [-0.05, 0) is 6.42 Å². The van der Waals surface area contributed by atoms with Gasteiger partial charge in [0.2, 0.25) is 17.7 Å². The van der Waals surface area contributed by atoms with E-state index in [1.807, 2.05) is 0 Å². The maximum absolute atomic E-state index is 13.2. The van der Waals surface area contributed by atoms with Gasteiger partial charge in [0, 0.05) is 58.9 Å². The molecule has 0 aromatic rings. The monoisotopic (exact) mass is 751 g/mol. The van der Waals surface area contributed by atoms with Crippen LogP contribution in [0, 0.1) is 0 Å². The van der Waals surface area contributed by atoms with Gasteiger partial charge in [-0.1, -0.05) is 6.92 Å². The Balaban J connectivity index is 3.21. The summed E-state index contributed by atoms with van der Waals surface area (Å²) in [5.41, 5.74) is 0. The maximum atomic E-state index is 13.2. The van der Waals surface area contributed by atoms with Crippen LogP contribution in [0.1, 0.15) is 13.3 Å². The first-order valence-electron chi connectivity index (χ1n) is 15.1. The first-order chi connectivity index (χ1) is 22.7. The first-order valence-corrected chi connectivity index (χ1v) is 18.4. The summed E-state index contributed by atoms with van der Waals surface area (Å²) < 4.78 is 57.5. The van der Waals surface area contributed by atoms with E-state index in [0.29, 0.717) is 6.42 Å². The van der Waals surface area contributed by atoms with Crippen LogP contribution in [0.15, 0.2) is 0 Å². The second kappa shape index (κ2) is 21.4. The summed E-state index contributed by atoms with van der Waals surface area (Å²) in [6.07, 6.45) is 0.466. The molecule has 0 bridgehead atoms. The lowest BCUT2D eigenvalue weighted by Gasteiger charge is -2.33. The third-order valence-corrected chi connectivity index (χ3v) is 8.55. The third-order valence-electron chi connectivity index (χ3n) is 6.99. The molecule has 3 amide bonds. The van der Waals surface area contributed by atoms with Gasteiger partial charge in [0.15, 0.2) is 0 Å². The molecule has 1 aliphatic heterocycles. The number of nitrogens with one attached hydrogen (secondary N) is 3. The molecule has 49 heavy (non-hydrogen) atoms. The van der Waals surface area contributed by atoms with E-state index in [-0.39, 0.29) is 65.4 Å². The zero-order valence-corrected chi connectivity index (χ0v) is 28.7. The first kappa shape index (κ1) is 44.1. The van der Waals surface area contributed by atoms with E-state index >= 15 is 0 Å². The number of amides is 3. The quantitative estimate of drug-likeness (QED) is 0.0683. The largest absolute Gasteiger partial charge is 0.480 e. The second-order valence-electron chi connectivity index (χ2n) is 11.4. The fraction of sp³-hybridized carbons (Fsp3) is 0.760. The summed E-state index contributed by atoms with van der Waals surface area (Å²) in [5, 5.41) is 34.8. The molecular formula is C25H49N7O15S2. The summed E-state index contributed by atoms with van der Waals surface area (Å²) in [6.45, 7) is 0.954. The van der Waals surface area contributed by atoms with Crippen LogP contribution in [-0.4, -0.2) is 207 Å². The van der Waals surface area contributed by atoms with Gasteiger partial charge in [-0.3, -0.25) is 48.4 Å². The lowest BCUT2D eigenvalue weighted by molar-refractivity contribution is -0.140. The van der Waals surface area contributed by atoms with E-state index in [4.69, 9.17) is 0 Å². The smallest absolute Gasteiger partial charge is 0.317 e. The van der Waals surface area contributed by atoms with Crippen LogP contribution in [0.5, 0.6) is 0 Å². The van der Waals surface area contributed by atoms with Crippen molar-refractivity contribution in [1.29, 1.82) is 0 Å².